The summed E-state index contributed by atoms with van der Waals surface area (Å²) in [6.07, 6.45) is -2.17. The monoisotopic (exact) mass is 347 g/mol. The van der Waals surface area contributed by atoms with Gasteiger partial charge in [0.1, 0.15) is 0 Å². The Morgan fingerprint density at radius 1 is 1.46 bits per heavy atom. The minimum Gasteiger partial charge on any atom is -0.478 e. The van der Waals surface area contributed by atoms with E-state index in [0.717, 1.165) is 10.9 Å². The lowest BCUT2D eigenvalue weighted by Gasteiger charge is -2.07. The zero-order chi connectivity index (χ0) is 18.5. The highest BCUT2D eigenvalue weighted by Gasteiger charge is 2.37. The van der Waals surface area contributed by atoms with Crippen molar-refractivity contribution in [3.8, 4) is 0 Å². The van der Waals surface area contributed by atoms with Crippen LogP contribution in [0.2, 0.25) is 0 Å². The van der Waals surface area contributed by atoms with Crippen LogP contribution in [-0.2, 0) is 12.7 Å². The van der Waals surface area contributed by atoms with Crippen molar-refractivity contribution in [3.63, 3.8) is 0 Å². The van der Waals surface area contributed by atoms with E-state index in [4.69, 9.17) is 21.0 Å². The first-order valence-corrected chi connectivity index (χ1v) is 6.16. The molecule has 9 nitrogen and oxygen atoms in total. The van der Waals surface area contributed by atoms with Crippen LogP contribution in [0.3, 0.4) is 0 Å². The number of hydrogen-bond donors (Lipinski definition) is 3. The van der Waals surface area contributed by atoms with Crippen LogP contribution in [0.15, 0.2) is 23.8 Å². The summed E-state index contributed by atoms with van der Waals surface area (Å²) in [5, 5.41) is 20.3. The minimum atomic E-state index is -4.66. The summed E-state index contributed by atoms with van der Waals surface area (Å²) in [7, 11) is 0. The SMILES string of the molecule is Cc1c(N)c(C(F)(F)F)nn1Cc1ccncc1C(=O)O.O=NO. The largest absolute Gasteiger partial charge is 0.478 e. The lowest BCUT2D eigenvalue weighted by atomic mass is 10.1. The Morgan fingerprint density at radius 3 is 2.50 bits per heavy atom. The van der Waals surface area contributed by atoms with Gasteiger partial charge in [0.25, 0.3) is 0 Å². The molecular formula is C12H12F3N5O4. The highest BCUT2D eigenvalue weighted by Crippen LogP contribution is 2.34. The number of nitrogens with zero attached hydrogens (tertiary/aromatic N) is 4. The number of alkyl halides is 3. The normalized spacial score (nSPS) is 10.7. The maximum absolute atomic E-state index is 12.7. The van der Waals surface area contributed by atoms with Crippen molar-refractivity contribution < 1.29 is 28.3 Å². The van der Waals surface area contributed by atoms with Gasteiger partial charge in [0, 0.05) is 12.4 Å². The second-order valence-corrected chi connectivity index (χ2v) is 4.42. The fraction of sp³-hybridized carbons (Fsp3) is 0.250. The average Bonchev–Trinajstić information content (AvgIpc) is 2.77. The average molecular weight is 347 g/mol. The number of carbonyl (C=O) groups is 1. The molecule has 0 radical (unpaired) electrons. The molecule has 0 fully saturated rings. The molecule has 2 heterocycles. The smallest absolute Gasteiger partial charge is 0.437 e. The third-order valence-electron chi connectivity index (χ3n) is 2.98. The summed E-state index contributed by atoms with van der Waals surface area (Å²) in [5.74, 6) is -1.22. The van der Waals surface area contributed by atoms with Gasteiger partial charge in [0.05, 0.1) is 23.5 Å². The number of rotatable bonds is 3. The molecule has 0 saturated heterocycles. The number of halogens is 3. The zero-order valence-electron chi connectivity index (χ0n) is 12.2. The molecule has 2 aromatic rings. The Bertz CT molecular complexity index is 745. The van der Waals surface area contributed by atoms with E-state index >= 15 is 0 Å². The number of aromatic nitrogens is 3. The van der Waals surface area contributed by atoms with Crippen LogP contribution < -0.4 is 5.73 Å². The molecule has 0 saturated carbocycles. The molecule has 0 atom stereocenters. The van der Waals surface area contributed by atoms with Crippen LogP contribution >= 0.6 is 0 Å². The first-order valence-electron chi connectivity index (χ1n) is 6.16. The number of nitrogens with two attached hydrogens (primary N) is 1. The Labute approximate surface area is 132 Å². The first-order chi connectivity index (χ1) is 11.1. The molecule has 0 aliphatic carbocycles. The molecule has 0 amide bonds. The molecule has 0 bridgehead atoms. The van der Waals surface area contributed by atoms with Gasteiger partial charge in [0.15, 0.2) is 11.0 Å². The van der Waals surface area contributed by atoms with Crippen molar-refractivity contribution in [2.75, 3.05) is 5.73 Å². The molecule has 2 aromatic heterocycles. The molecule has 0 spiro atoms. The van der Waals surface area contributed by atoms with E-state index in [1.165, 1.54) is 24.5 Å². The van der Waals surface area contributed by atoms with E-state index in [0.29, 0.717) is 0 Å². The number of aromatic carboxylic acids is 1. The van der Waals surface area contributed by atoms with Crippen molar-refractivity contribution >= 4 is 11.7 Å². The summed E-state index contributed by atoms with van der Waals surface area (Å²) < 4.78 is 39.2. The molecule has 0 aromatic carbocycles. The van der Waals surface area contributed by atoms with Crippen LogP contribution in [0.4, 0.5) is 18.9 Å². The van der Waals surface area contributed by atoms with Crippen molar-refractivity contribution in [2.45, 2.75) is 19.6 Å². The zero-order valence-corrected chi connectivity index (χ0v) is 12.2. The van der Waals surface area contributed by atoms with Crippen LogP contribution in [0.5, 0.6) is 0 Å². The van der Waals surface area contributed by atoms with Gasteiger partial charge in [-0.15, -0.1) is 4.91 Å². The van der Waals surface area contributed by atoms with Crippen molar-refractivity contribution in [1.82, 2.24) is 14.8 Å². The van der Waals surface area contributed by atoms with Gasteiger partial charge in [-0.25, -0.2) is 4.79 Å². The second kappa shape index (κ2) is 7.39. The standard InChI is InChI=1S/C12H11F3N4O2.HNO2/c1-6-9(16)10(12(13,14)15)18-19(6)5-7-2-3-17-4-8(7)11(20)21;2-1-3/h2-4H,5,16H2,1H3,(H,20,21);(H,2,3). The molecule has 0 aliphatic rings. The second-order valence-electron chi connectivity index (χ2n) is 4.42. The van der Waals surface area contributed by atoms with Gasteiger partial charge in [0.2, 0.25) is 0 Å². The molecule has 4 N–H and O–H groups in total. The van der Waals surface area contributed by atoms with E-state index in [9.17, 15) is 18.0 Å². The van der Waals surface area contributed by atoms with Crippen molar-refractivity contribution in [3.05, 3.63) is 45.9 Å². The maximum Gasteiger partial charge on any atom is 0.437 e. The molecule has 0 aliphatic heterocycles. The fourth-order valence-corrected chi connectivity index (χ4v) is 1.84. The molecule has 130 valence electrons. The molecule has 0 unspecified atom stereocenters. The number of anilines is 1. The van der Waals surface area contributed by atoms with E-state index < -0.39 is 23.5 Å². The molecule has 24 heavy (non-hydrogen) atoms. The quantitative estimate of drug-likeness (QED) is 0.569. The Balaban J connectivity index is 0.000000891. The summed E-state index contributed by atoms with van der Waals surface area (Å²) in [5.41, 5.74) is 4.08. The van der Waals surface area contributed by atoms with Crippen LogP contribution in [-0.4, -0.2) is 31.0 Å². The lowest BCUT2D eigenvalue weighted by molar-refractivity contribution is -0.140. The van der Waals surface area contributed by atoms with Gasteiger partial charge < -0.3 is 16.0 Å². The highest BCUT2D eigenvalue weighted by molar-refractivity contribution is 5.88. The highest BCUT2D eigenvalue weighted by atomic mass is 19.4. The summed E-state index contributed by atoms with van der Waals surface area (Å²) >= 11 is 0. The molecule has 12 heteroatoms. The number of carboxylic acid groups (broad SMARTS) is 1. The summed E-state index contributed by atoms with van der Waals surface area (Å²) in [6.45, 7) is 1.25. The van der Waals surface area contributed by atoms with E-state index in [1.807, 2.05) is 0 Å². The Morgan fingerprint density at radius 2 is 2.04 bits per heavy atom. The van der Waals surface area contributed by atoms with Crippen molar-refractivity contribution in [1.29, 1.82) is 0 Å². The van der Waals surface area contributed by atoms with Crippen molar-refractivity contribution in [2.24, 2.45) is 5.34 Å². The summed E-state index contributed by atoms with van der Waals surface area (Å²) in [6, 6.07) is 1.41. The predicted octanol–water partition coefficient (Wildman–Crippen LogP) is 2.08. The first kappa shape index (κ1) is 18.9. The van der Waals surface area contributed by atoms with E-state index in [2.05, 4.69) is 10.1 Å². The van der Waals surface area contributed by atoms with Gasteiger partial charge in [-0.1, -0.05) is 0 Å². The Kier molecular flexibility index (Phi) is 5.81. The van der Waals surface area contributed by atoms with E-state index in [1.54, 1.807) is 0 Å². The third-order valence-corrected chi connectivity index (χ3v) is 2.98. The number of nitrogen functional groups attached to an aromatic ring is 1. The van der Waals surface area contributed by atoms with Gasteiger partial charge in [-0.05, 0) is 18.6 Å². The van der Waals surface area contributed by atoms with Gasteiger partial charge in [-0.3, -0.25) is 9.67 Å². The lowest BCUT2D eigenvalue weighted by Crippen LogP contribution is -2.12. The molecule has 2 rings (SSSR count). The van der Waals surface area contributed by atoms with Gasteiger partial charge >= 0.3 is 12.1 Å². The number of pyridine rings is 1. The third kappa shape index (κ3) is 4.18. The van der Waals surface area contributed by atoms with Crippen LogP contribution in [0.25, 0.3) is 0 Å². The number of carboxylic acids is 1. The predicted molar refractivity (Wildman–Crippen MR) is 74.3 cm³/mol. The topological polar surface area (TPSA) is 144 Å². The maximum atomic E-state index is 12.7. The fourth-order valence-electron chi connectivity index (χ4n) is 1.84. The van der Waals surface area contributed by atoms with Crippen LogP contribution in [0, 0.1) is 11.8 Å². The van der Waals surface area contributed by atoms with Crippen LogP contribution in [0.1, 0.15) is 27.3 Å². The summed E-state index contributed by atoms with van der Waals surface area (Å²) in [4.78, 5) is 22.8. The van der Waals surface area contributed by atoms with Gasteiger partial charge in [-0.2, -0.15) is 18.3 Å². The minimum absolute atomic E-state index is 0.0977. The molecular weight excluding hydrogens is 335 g/mol. The van der Waals surface area contributed by atoms with E-state index in [-0.39, 0.29) is 23.4 Å². The Hall–Kier alpha value is -3.18. The number of hydrogen-bond acceptors (Lipinski definition) is 6.